The van der Waals surface area contributed by atoms with Crippen LogP contribution in [0, 0.1) is 11.3 Å². The molecule has 1 heterocycles. The zero-order valence-corrected chi connectivity index (χ0v) is 11.7. The Kier molecular flexibility index (Phi) is 4.22. The van der Waals surface area contributed by atoms with E-state index in [1.54, 1.807) is 0 Å². The van der Waals surface area contributed by atoms with Crippen molar-refractivity contribution in [2.75, 3.05) is 17.6 Å². The van der Waals surface area contributed by atoms with E-state index in [9.17, 15) is 13.2 Å². The molecule has 2 aromatic rings. The van der Waals surface area contributed by atoms with Gasteiger partial charge in [-0.15, -0.1) is 0 Å². The van der Waals surface area contributed by atoms with Crippen LogP contribution in [0.25, 0.3) is 11.1 Å². The number of nitrogens with one attached hydrogen (secondary N) is 1. The van der Waals surface area contributed by atoms with Gasteiger partial charge in [-0.2, -0.15) is 18.4 Å². The second kappa shape index (κ2) is 5.93. The molecule has 0 aliphatic rings. The molecule has 0 saturated heterocycles. The summed E-state index contributed by atoms with van der Waals surface area (Å²) in [5, 5.41) is 11.7. The molecule has 0 atom stereocenters. The molecule has 2 rings (SSSR count). The molecule has 4 nitrogen and oxygen atoms in total. The summed E-state index contributed by atoms with van der Waals surface area (Å²) in [6, 6.07) is 7.38. The maximum Gasteiger partial charge on any atom is 0.417 e. The van der Waals surface area contributed by atoms with Crippen molar-refractivity contribution in [3.8, 4) is 17.2 Å². The molecule has 0 aliphatic carbocycles. The van der Waals surface area contributed by atoms with E-state index in [0.717, 1.165) is 12.3 Å². The summed E-state index contributed by atoms with van der Waals surface area (Å²) < 4.78 is 38.7. The van der Waals surface area contributed by atoms with Gasteiger partial charge in [0.15, 0.2) is 0 Å². The minimum absolute atomic E-state index is 0.222. The van der Waals surface area contributed by atoms with Gasteiger partial charge in [-0.1, -0.05) is 6.07 Å². The third kappa shape index (κ3) is 3.11. The van der Waals surface area contributed by atoms with Crippen molar-refractivity contribution in [1.29, 1.82) is 5.26 Å². The highest BCUT2D eigenvalue weighted by Gasteiger charge is 2.32. The quantitative estimate of drug-likeness (QED) is 0.849. The molecule has 0 radical (unpaired) electrons. The number of nitrogens with two attached hydrogens (primary N) is 1. The number of nitrogens with zero attached hydrogens (tertiary/aromatic N) is 2. The van der Waals surface area contributed by atoms with Crippen molar-refractivity contribution in [2.45, 2.75) is 13.1 Å². The van der Waals surface area contributed by atoms with Crippen LogP contribution in [-0.4, -0.2) is 11.5 Å². The molecule has 7 heteroatoms. The van der Waals surface area contributed by atoms with Crippen molar-refractivity contribution in [3.05, 3.63) is 41.6 Å². The minimum atomic E-state index is -4.49. The molecule has 1 aromatic carbocycles. The van der Waals surface area contributed by atoms with Gasteiger partial charge in [-0.05, 0) is 25.1 Å². The number of halogens is 3. The lowest BCUT2D eigenvalue weighted by atomic mass is 10.0. The van der Waals surface area contributed by atoms with E-state index in [4.69, 9.17) is 11.0 Å². The Morgan fingerprint density at radius 2 is 2.00 bits per heavy atom. The van der Waals surface area contributed by atoms with Gasteiger partial charge in [0.25, 0.3) is 0 Å². The first-order valence-electron chi connectivity index (χ1n) is 6.48. The van der Waals surface area contributed by atoms with Crippen LogP contribution in [0.2, 0.25) is 0 Å². The van der Waals surface area contributed by atoms with Crippen LogP contribution >= 0.6 is 0 Å². The normalized spacial score (nSPS) is 11.0. The molecule has 0 aliphatic heterocycles. The molecule has 0 saturated carbocycles. The Morgan fingerprint density at radius 3 is 2.55 bits per heavy atom. The van der Waals surface area contributed by atoms with Crippen LogP contribution < -0.4 is 11.1 Å². The smallest absolute Gasteiger partial charge is 0.398 e. The molecular weight excluding hydrogens is 293 g/mol. The van der Waals surface area contributed by atoms with Crippen molar-refractivity contribution >= 4 is 11.5 Å². The second-order valence-electron chi connectivity index (χ2n) is 4.56. The Balaban J connectivity index is 2.63. The van der Waals surface area contributed by atoms with E-state index in [2.05, 4.69) is 10.3 Å². The summed E-state index contributed by atoms with van der Waals surface area (Å²) in [6.07, 6.45) is -3.71. The number of hydrogen-bond acceptors (Lipinski definition) is 4. The standard InChI is InChI=1S/C15H13F3N4/c1-2-21-14-12(6-10(8-22-14)15(16,17)18)11-4-3-9(7-19)5-13(11)20/h3-6,8H,2,20H2,1H3,(H,21,22). The van der Waals surface area contributed by atoms with E-state index < -0.39 is 11.7 Å². The lowest BCUT2D eigenvalue weighted by Crippen LogP contribution is -2.09. The fourth-order valence-corrected chi connectivity index (χ4v) is 2.01. The fraction of sp³-hybridized carbons (Fsp3) is 0.200. The van der Waals surface area contributed by atoms with Crippen molar-refractivity contribution in [2.24, 2.45) is 0 Å². The number of hydrogen-bond donors (Lipinski definition) is 2. The Morgan fingerprint density at radius 1 is 1.27 bits per heavy atom. The molecule has 1 aromatic heterocycles. The second-order valence-corrected chi connectivity index (χ2v) is 4.56. The first-order valence-corrected chi connectivity index (χ1v) is 6.48. The Hall–Kier alpha value is -2.75. The number of aromatic nitrogens is 1. The highest BCUT2D eigenvalue weighted by molar-refractivity contribution is 5.84. The number of pyridine rings is 1. The summed E-state index contributed by atoms with van der Waals surface area (Å²) in [7, 11) is 0. The molecule has 3 N–H and O–H groups in total. The highest BCUT2D eigenvalue weighted by Crippen LogP contribution is 2.36. The average Bonchev–Trinajstić information content (AvgIpc) is 2.47. The van der Waals surface area contributed by atoms with E-state index in [1.165, 1.54) is 18.2 Å². The molecule has 0 bridgehead atoms. The number of rotatable bonds is 3. The van der Waals surface area contributed by atoms with Crippen molar-refractivity contribution in [1.82, 2.24) is 4.98 Å². The van der Waals surface area contributed by atoms with E-state index in [0.29, 0.717) is 23.5 Å². The number of anilines is 2. The Labute approximate surface area is 125 Å². The van der Waals surface area contributed by atoms with Crippen LogP contribution in [-0.2, 0) is 6.18 Å². The zero-order valence-electron chi connectivity index (χ0n) is 11.7. The molecule has 0 amide bonds. The lowest BCUT2D eigenvalue weighted by molar-refractivity contribution is -0.137. The molecule has 114 valence electrons. The van der Waals surface area contributed by atoms with E-state index >= 15 is 0 Å². The van der Waals surface area contributed by atoms with Crippen LogP contribution in [0.1, 0.15) is 18.1 Å². The maximum atomic E-state index is 12.9. The van der Waals surface area contributed by atoms with Gasteiger partial charge in [0.2, 0.25) is 0 Å². The Bertz CT molecular complexity index is 733. The SMILES string of the molecule is CCNc1ncc(C(F)(F)F)cc1-c1ccc(C#N)cc1N. The lowest BCUT2D eigenvalue weighted by Gasteiger charge is -2.15. The van der Waals surface area contributed by atoms with Crippen LogP contribution in [0.15, 0.2) is 30.5 Å². The van der Waals surface area contributed by atoms with Gasteiger partial charge < -0.3 is 11.1 Å². The zero-order chi connectivity index (χ0) is 16.3. The van der Waals surface area contributed by atoms with Gasteiger partial charge in [0, 0.05) is 29.6 Å². The molecule has 0 unspecified atom stereocenters. The van der Waals surface area contributed by atoms with Gasteiger partial charge in [-0.25, -0.2) is 4.98 Å². The number of benzene rings is 1. The van der Waals surface area contributed by atoms with Crippen molar-refractivity contribution in [3.63, 3.8) is 0 Å². The molecular formula is C15H13F3N4. The molecule has 22 heavy (non-hydrogen) atoms. The number of alkyl halides is 3. The number of nitriles is 1. The van der Waals surface area contributed by atoms with Crippen molar-refractivity contribution < 1.29 is 13.2 Å². The average molecular weight is 306 g/mol. The number of nitrogen functional groups attached to an aromatic ring is 1. The summed E-state index contributed by atoms with van der Waals surface area (Å²) in [5.41, 5.74) is 6.22. The third-order valence-corrected chi connectivity index (χ3v) is 3.03. The largest absolute Gasteiger partial charge is 0.417 e. The summed E-state index contributed by atoms with van der Waals surface area (Å²) in [4.78, 5) is 3.84. The van der Waals surface area contributed by atoms with Gasteiger partial charge in [-0.3, -0.25) is 0 Å². The predicted molar refractivity (Wildman–Crippen MR) is 78.0 cm³/mol. The van der Waals surface area contributed by atoms with Gasteiger partial charge in [0.05, 0.1) is 17.2 Å². The van der Waals surface area contributed by atoms with E-state index in [-0.39, 0.29) is 11.3 Å². The maximum absolute atomic E-state index is 12.9. The minimum Gasteiger partial charge on any atom is -0.398 e. The molecule has 0 fully saturated rings. The summed E-state index contributed by atoms with van der Waals surface area (Å²) in [5.74, 6) is 0.312. The first-order chi connectivity index (χ1) is 10.4. The van der Waals surface area contributed by atoms with Crippen LogP contribution in [0.4, 0.5) is 24.7 Å². The van der Waals surface area contributed by atoms with Gasteiger partial charge >= 0.3 is 6.18 Å². The first kappa shape index (κ1) is 15.6. The third-order valence-electron chi connectivity index (χ3n) is 3.03. The van der Waals surface area contributed by atoms with Crippen LogP contribution in [0.5, 0.6) is 0 Å². The molecule has 0 spiro atoms. The van der Waals surface area contributed by atoms with Crippen LogP contribution in [0.3, 0.4) is 0 Å². The highest BCUT2D eigenvalue weighted by atomic mass is 19.4. The van der Waals surface area contributed by atoms with Gasteiger partial charge in [0.1, 0.15) is 5.82 Å². The summed E-state index contributed by atoms with van der Waals surface area (Å²) >= 11 is 0. The van der Waals surface area contributed by atoms with E-state index in [1.807, 2.05) is 13.0 Å². The summed E-state index contributed by atoms with van der Waals surface area (Å²) in [6.45, 7) is 2.31. The fourth-order valence-electron chi connectivity index (χ4n) is 2.01. The monoisotopic (exact) mass is 306 g/mol. The topological polar surface area (TPSA) is 74.7 Å². The predicted octanol–water partition coefficient (Wildman–Crippen LogP) is 3.65.